The Labute approximate surface area is 116 Å². The molecule has 1 unspecified atom stereocenters. The van der Waals surface area contributed by atoms with E-state index in [1.807, 2.05) is 0 Å². The molecule has 11 heteroatoms. The highest BCUT2D eigenvalue weighted by atomic mass is 19.4. The molecule has 1 aromatic rings. The normalized spacial score (nSPS) is 12.0. The van der Waals surface area contributed by atoms with Crippen LogP contribution in [0.2, 0.25) is 0 Å². The van der Waals surface area contributed by atoms with Crippen molar-refractivity contribution in [3.8, 4) is 0 Å². The molecule has 1 atom stereocenters. The second kappa shape index (κ2) is 8.11. The van der Waals surface area contributed by atoms with Crippen LogP contribution in [0.3, 0.4) is 0 Å². The number of hydrogen-bond acceptors (Lipinski definition) is 6. The molecule has 0 spiro atoms. The minimum Gasteiger partial charge on any atom is -0.475 e. The molecule has 0 amide bonds. The summed E-state index contributed by atoms with van der Waals surface area (Å²) < 4.78 is 31.7. The Balaban J connectivity index is 0.000000486. The number of rotatable bonds is 4. The standard InChI is InChI=1S/C8H12N4O2.C2HF3O2/c9-3-1-7(10)8-5-6(12(13)14)2-4-11-8;3-2(4,5)1(6)7/h2,4-5,7H,1,3,9-10H2;(H,6,7). The zero-order valence-electron chi connectivity index (χ0n) is 10.6. The van der Waals surface area contributed by atoms with Gasteiger partial charge in [0.15, 0.2) is 0 Å². The lowest BCUT2D eigenvalue weighted by Crippen LogP contribution is -2.21. The number of nitro groups is 1. The first-order chi connectivity index (χ1) is 9.59. The Kier molecular flexibility index (Phi) is 7.24. The number of aromatic nitrogens is 1. The van der Waals surface area contributed by atoms with Gasteiger partial charge in [0.25, 0.3) is 5.69 Å². The van der Waals surface area contributed by atoms with Crippen LogP contribution in [0.15, 0.2) is 18.3 Å². The van der Waals surface area contributed by atoms with Crippen molar-refractivity contribution in [2.24, 2.45) is 11.5 Å². The smallest absolute Gasteiger partial charge is 0.475 e. The summed E-state index contributed by atoms with van der Waals surface area (Å²) in [7, 11) is 0. The summed E-state index contributed by atoms with van der Waals surface area (Å²) in [6.07, 6.45) is -3.14. The molecule has 0 aliphatic carbocycles. The van der Waals surface area contributed by atoms with Crippen LogP contribution < -0.4 is 11.5 Å². The van der Waals surface area contributed by atoms with Gasteiger partial charge in [0.05, 0.1) is 10.6 Å². The summed E-state index contributed by atoms with van der Waals surface area (Å²) >= 11 is 0. The van der Waals surface area contributed by atoms with E-state index < -0.39 is 17.1 Å². The van der Waals surface area contributed by atoms with E-state index in [-0.39, 0.29) is 11.7 Å². The first-order valence-corrected chi connectivity index (χ1v) is 5.45. The van der Waals surface area contributed by atoms with Gasteiger partial charge in [0.2, 0.25) is 0 Å². The molecule has 0 fully saturated rings. The Morgan fingerprint density at radius 1 is 1.52 bits per heavy atom. The predicted molar refractivity (Wildman–Crippen MR) is 65.2 cm³/mol. The Morgan fingerprint density at radius 3 is 2.43 bits per heavy atom. The highest BCUT2D eigenvalue weighted by Crippen LogP contribution is 2.16. The number of aliphatic carboxylic acids is 1. The molecule has 5 N–H and O–H groups in total. The van der Waals surface area contributed by atoms with Crippen LogP contribution in [0.4, 0.5) is 18.9 Å². The van der Waals surface area contributed by atoms with Gasteiger partial charge in [-0.05, 0) is 13.0 Å². The lowest BCUT2D eigenvalue weighted by Gasteiger charge is -2.08. The van der Waals surface area contributed by atoms with E-state index in [0.29, 0.717) is 18.7 Å². The van der Waals surface area contributed by atoms with E-state index >= 15 is 0 Å². The second-order valence-electron chi connectivity index (χ2n) is 3.68. The summed E-state index contributed by atoms with van der Waals surface area (Å²) in [6.45, 7) is 0.436. The maximum atomic E-state index is 10.6. The molecule has 0 aliphatic heterocycles. The Hall–Kier alpha value is -2.27. The molecular formula is C10H13F3N4O4. The monoisotopic (exact) mass is 310 g/mol. The largest absolute Gasteiger partial charge is 0.490 e. The molecule has 1 rings (SSSR count). The summed E-state index contributed by atoms with van der Waals surface area (Å²) in [4.78, 5) is 22.8. The van der Waals surface area contributed by atoms with E-state index in [1.54, 1.807) is 0 Å². The maximum absolute atomic E-state index is 10.6. The topological polar surface area (TPSA) is 145 Å². The minimum atomic E-state index is -5.08. The van der Waals surface area contributed by atoms with Gasteiger partial charge < -0.3 is 16.6 Å². The van der Waals surface area contributed by atoms with Crippen molar-refractivity contribution in [1.29, 1.82) is 0 Å². The zero-order chi connectivity index (χ0) is 16.6. The first-order valence-electron chi connectivity index (χ1n) is 5.45. The van der Waals surface area contributed by atoms with E-state index in [4.69, 9.17) is 21.4 Å². The average Bonchev–Trinajstić information content (AvgIpc) is 2.38. The number of nitrogens with zero attached hydrogens (tertiary/aromatic N) is 2. The van der Waals surface area contributed by atoms with Gasteiger partial charge in [-0.25, -0.2) is 4.79 Å². The van der Waals surface area contributed by atoms with Gasteiger partial charge in [-0.15, -0.1) is 0 Å². The van der Waals surface area contributed by atoms with Crippen LogP contribution >= 0.6 is 0 Å². The van der Waals surface area contributed by atoms with E-state index in [2.05, 4.69) is 4.98 Å². The van der Waals surface area contributed by atoms with Gasteiger partial charge >= 0.3 is 12.1 Å². The van der Waals surface area contributed by atoms with Crippen molar-refractivity contribution in [2.75, 3.05) is 6.54 Å². The molecule has 1 aromatic heterocycles. The number of halogens is 3. The Bertz CT molecular complexity index is 495. The van der Waals surface area contributed by atoms with Gasteiger partial charge in [-0.3, -0.25) is 15.1 Å². The van der Waals surface area contributed by atoms with Crippen molar-refractivity contribution < 1.29 is 28.0 Å². The molecule has 0 bridgehead atoms. The first kappa shape index (κ1) is 18.7. The third kappa shape index (κ3) is 7.17. The average molecular weight is 310 g/mol. The van der Waals surface area contributed by atoms with Crippen LogP contribution in [-0.2, 0) is 4.79 Å². The third-order valence-corrected chi connectivity index (χ3v) is 2.08. The molecule has 0 saturated carbocycles. The molecule has 0 radical (unpaired) electrons. The minimum absolute atomic E-state index is 0.00229. The summed E-state index contributed by atoms with van der Waals surface area (Å²) in [6, 6.07) is 2.37. The van der Waals surface area contributed by atoms with Crippen molar-refractivity contribution in [3.63, 3.8) is 0 Å². The van der Waals surface area contributed by atoms with Gasteiger partial charge in [0, 0.05) is 24.4 Å². The number of nitrogens with two attached hydrogens (primary N) is 2. The van der Waals surface area contributed by atoms with Crippen molar-refractivity contribution in [1.82, 2.24) is 4.98 Å². The van der Waals surface area contributed by atoms with Crippen molar-refractivity contribution in [3.05, 3.63) is 34.1 Å². The number of carboxylic acids is 1. The number of alkyl halides is 3. The molecule has 1 heterocycles. The number of carbonyl (C=O) groups is 1. The summed E-state index contributed by atoms with van der Waals surface area (Å²) in [5.74, 6) is -2.76. The van der Waals surface area contributed by atoms with E-state index in [9.17, 15) is 23.3 Å². The molecule has 0 aromatic carbocycles. The highest BCUT2D eigenvalue weighted by Gasteiger charge is 2.38. The number of pyridine rings is 1. The van der Waals surface area contributed by atoms with Gasteiger partial charge in [0.1, 0.15) is 0 Å². The SMILES string of the molecule is NCCC(N)c1cc([N+](=O)[O-])ccn1.O=C(O)C(F)(F)F. The fourth-order valence-corrected chi connectivity index (χ4v) is 1.08. The molecule has 21 heavy (non-hydrogen) atoms. The summed E-state index contributed by atoms with van der Waals surface area (Å²) in [5.41, 5.74) is 11.5. The van der Waals surface area contributed by atoms with Crippen LogP contribution in [0.25, 0.3) is 0 Å². The molecule has 0 aliphatic rings. The van der Waals surface area contributed by atoms with Crippen LogP contribution in [0, 0.1) is 10.1 Å². The van der Waals surface area contributed by atoms with Crippen LogP contribution in [0.5, 0.6) is 0 Å². The van der Waals surface area contributed by atoms with E-state index in [0.717, 1.165) is 0 Å². The molecule has 0 saturated heterocycles. The number of carboxylic acid groups (broad SMARTS) is 1. The van der Waals surface area contributed by atoms with E-state index in [1.165, 1.54) is 18.3 Å². The maximum Gasteiger partial charge on any atom is 0.490 e. The zero-order valence-corrected chi connectivity index (χ0v) is 10.6. The van der Waals surface area contributed by atoms with Gasteiger partial charge in [-0.1, -0.05) is 0 Å². The van der Waals surface area contributed by atoms with Crippen molar-refractivity contribution in [2.45, 2.75) is 18.6 Å². The molecule has 8 nitrogen and oxygen atoms in total. The lowest BCUT2D eigenvalue weighted by molar-refractivity contribution is -0.385. The van der Waals surface area contributed by atoms with Gasteiger partial charge in [-0.2, -0.15) is 13.2 Å². The number of hydrogen-bond donors (Lipinski definition) is 3. The molecule has 118 valence electrons. The van der Waals surface area contributed by atoms with Crippen molar-refractivity contribution >= 4 is 11.7 Å². The second-order valence-corrected chi connectivity index (χ2v) is 3.68. The molecular weight excluding hydrogens is 297 g/mol. The Morgan fingerprint density at radius 2 is 2.05 bits per heavy atom. The lowest BCUT2D eigenvalue weighted by atomic mass is 10.1. The quantitative estimate of drug-likeness (QED) is 0.554. The fourth-order valence-electron chi connectivity index (χ4n) is 1.08. The highest BCUT2D eigenvalue weighted by molar-refractivity contribution is 5.73. The van der Waals surface area contributed by atoms with Crippen LogP contribution in [-0.4, -0.2) is 33.7 Å². The van der Waals surface area contributed by atoms with Crippen LogP contribution in [0.1, 0.15) is 18.2 Å². The third-order valence-electron chi connectivity index (χ3n) is 2.08. The summed E-state index contributed by atoms with van der Waals surface area (Å²) in [5, 5.41) is 17.6. The predicted octanol–water partition coefficient (Wildman–Crippen LogP) is 0.972. The fraction of sp³-hybridized carbons (Fsp3) is 0.400.